The van der Waals surface area contributed by atoms with E-state index in [1.54, 1.807) is 0 Å². The van der Waals surface area contributed by atoms with Crippen molar-refractivity contribution in [2.75, 3.05) is 19.6 Å². The second kappa shape index (κ2) is 26.7. The minimum absolute atomic E-state index is 1.09. The van der Waals surface area contributed by atoms with Crippen molar-refractivity contribution in [2.45, 2.75) is 0 Å². The Morgan fingerprint density at radius 3 is 0.424 bits per heavy atom. The van der Waals surface area contributed by atoms with Gasteiger partial charge in [0.1, 0.15) is 0 Å². The highest BCUT2D eigenvalue weighted by Crippen LogP contribution is 2.39. The summed E-state index contributed by atoms with van der Waals surface area (Å²) >= 11 is 0. The molecule has 0 spiro atoms. The molecule has 12 rings (SSSR count). The van der Waals surface area contributed by atoms with Crippen molar-refractivity contribution >= 4 is 101 Å². The summed E-state index contributed by atoms with van der Waals surface area (Å²) in [5, 5.41) is 0. The van der Waals surface area contributed by atoms with E-state index in [1.165, 1.54) is 0 Å². The Morgan fingerprint density at radius 2 is 0.282 bits per heavy atom. The van der Waals surface area contributed by atoms with Crippen LogP contribution in [0.3, 0.4) is 0 Å². The fourth-order valence-corrected chi connectivity index (χ4v) is 13.2. The summed E-state index contributed by atoms with van der Waals surface area (Å²) in [6.45, 7) is 0. The molecule has 0 aliphatic heterocycles. The van der Waals surface area contributed by atoms with Crippen molar-refractivity contribution in [3.63, 3.8) is 0 Å². The first-order valence-corrected chi connectivity index (χ1v) is 31.2. The van der Waals surface area contributed by atoms with Gasteiger partial charge in [-0.15, -0.1) is 0 Å². The Hall–Kier alpha value is -11.0. The fourth-order valence-electron chi connectivity index (χ4n) is 10.6. The first-order valence-electron chi connectivity index (χ1n) is 28.9. The number of hydrogen-bond acceptors (Lipinski definition) is 4. The van der Waals surface area contributed by atoms with E-state index in [9.17, 15) is 0 Å². The van der Waals surface area contributed by atoms with Gasteiger partial charge in [0.15, 0.2) is 8.07 Å². The Bertz CT molecular complexity index is 3400. The summed E-state index contributed by atoms with van der Waals surface area (Å²) in [5.41, 5.74) is 27.4. The molecule has 12 aromatic rings. The third kappa shape index (κ3) is 13.5. The van der Waals surface area contributed by atoms with E-state index in [0.29, 0.717) is 0 Å². The predicted octanol–water partition coefficient (Wildman–Crippen LogP) is 22.3. The highest BCUT2D eigenvalue weighted by atomic mass is 28.3. The van der Waals surface area contributed by atoms with Crippen molar-refractivity contribution in [1.82, 2.24) is 0 Å². The summed E-state index contributed by atoms with van der Waals surface area (Å²) in [6, 6.07) is 120. The van der Waals surface area contributed by atoms with Crippen LogP contribution in [0.1, 0.15) is 22.3 Å². The third-order valence-corrected chi connectivity index (χ3v) is 18.0. The summed E-state index contributed by atoms with van der Waals surface area (Å²) in [5.74, 6) is 0. The van der Waals surface area contributed by atoms with Crippen LogP contribution in [0.2, 0.25) is 0 Å². The van der Waals surface area contributed by atoms with Crippen molar-refractivity contribution in [1.29, 1.82) is 0 Å². The summed E-state index contributed by atoms with van der Waals surface area (Å²) in [6.07, 6.45) is 9.25. The lowest BCUT2D eigenvalue weighted by Gasteiger charge is -2.25. The molecule has 85 heavy (non-hydrogen) atoms. The number of benzene rings is 12. The van der Waals surface area contributed by atoms with E-state index in [1.807, 2.05) is 0 Å². The third-order valence-electron chi connectivity index (χ3n) is 15.0. The average Bonchev–Trinajstić information content (AvgIpc) is 3.74. The molecule has 0 saturated carbocycles. The van der Waals surface area contributed by atoms with Gasteiger partial charge in [-0.05, 0) is 168 Å². The second-order valence-corrected chi connectivity index (χ2v) is 24.1. The molecule has 0 saturated heterocycles. The quantitative estimate of drug-likeness (QED) is 0.0705. The molecular formula is C80H64N4Si. The first kappa shape index (κ1) is 54.6. The Balaban J connectivity index is 0.953. The van der Waals surface area contributed by atoms with Crippen LogP contribution in [-0.4, -0.2) is 8.07 Å². The van der Waals surface area contributed by atoms with Gasteiger partial charge in [0.25, 0.3) is 0 Å². The zero-order chi connectivity index (χ0) is 57.3. The molecule has 0 radical (unpaired) electrons. The Labute approximate surface area is 502 Å². The molecule has 0 amide bonds. The van der Waals surface area contributed by atoms with E-state index in [2.05, 4.69) is 406 Å². The summed E-state index contributed by atoms with van der Waals surface area (Å²) < 4.78 is 0. The van der Waals surface area contributed by atoms with E-state index in [0.717, 1.165) is 90.5 Å². The monoisotopic (exact) mass is 1110 g/mol. The van der Waals surface area contributed by atoms with Gasteiger partial charge in [-0.2, -0.15) is 0 Å². The van der Waals surface area contributed by atoms with Crippen LogP contribution >= 0.6 is 0 Å². The van der Waals surface area contributed by atoms with E-state index >= 15 is 0 Å². The molecule has 0 aliphatic carbocycles. The van der Waals surface area contributed by atoms with E-state index in [4.69, 9.17) is 0 Å². The number of anilines is 12. The molecule has 0 unspecified atom stereocenters. The lowest BCUT2D eigenvalue weighted by Crippen LogP contribution is -2.25. The zero-order valence-corrected chi connectivity index (χ0v) is 48.2. The van der Waals surface area contributed by atoms with Gasteiger partial charge >= 0.3 is 0 Å². The van der Waals surface area contributed by atoms with Crippen molar-refractivity contribution in [3.05, 3.63) is 385 Å². The number of hydrogen-bond donors (Lipinski definition) is 0. The highest BCUT2D eigenvalue weighted by molar-refractivity contribution is 6.99. The van der Waals surface area contributed by atoms with E-state index in [-0.39, 0.29) is 0 Å². The number of rotatable bonds is 20. The molecule has 12 aromatic carbocycles. The maximum absolute atomic E-state index is 2.85. The molecule has 0 aliphatic rings. The lowest BCUT2D eigenvalue weighted by molar-refractivity contribution is 1.28. The van der Waals surface area contributed by atoms with Gasteiger partial charge in [-0.1, -0.05) is 241 Å². The average molecular weight is 1110 g/mol. The topological polar surface area (TPSA) is 13.0 Å². The number of nitrogens with zero attached hydrogens (tertiary/aromatic N) is 4. The van der Waals surface area contributed by atoms with Crippen molar-refractivity contribution in [2.24, 2.45) is 0 Å². The van der Waals surface area contributed by atoms with Crippen LogP contribution in [-0.2, 0) is 0 Å². The molecule has 0 N–H and O–H groups in total. The molecule has 0 bridgehead atoms. The fraction of sp³-hybridized carbons (Fsp3) is 0. The van der Waals surface area contributed by atoms with Gasteiger partial charge in [-0.25, -0.2) is 0 Å². The minimum Gasteiger partial charge on any atom is -0.311 e. The standard InChI is InChI=1S/C80H64N4Si/c1-9-25-69(26-10-1)81(70-27-11-2-12-28-70)77-49-41-65(42-50-77)57-61-85(62-58-66-43-51-78(52-44-66)82(71-29-13-3-14-30-71)72-31-15-4-16-32-72,63-59-67-45-53-79(54-46-67)83(73-33-17-5-18-34-73)74-35-19-6-20-36-74)64-60-68-47-55-80(56-48-68)84(75-37-21-7-22-38-75)76-39-23-8-24-40-76/h1-64H. The van der Waals surface area contributed by atoms with Gasteiger partial charge in [0.05, 0.1) is 0 Å². The Kier molecular flexibility index (Phi) is 17.2. The summed E-state index contributed by atoms with van der Waals surface area (Å²) in [4.78, 5) is 9.22. The first-order chi connectivity index (χ1) is 42.1. The summed E-state index contributed by atoms with van der Waals surface area (Å²) in [7, 11) is -2.85. The maximum Gasteiger partial charge on any atom is 0.150 e. The van der Waals surface area contributed by atoms with Crippen LogP contribution in [0.5, 0.6) is 0 Å². The smallest absolute Gasteiger partial charge is 0.150 e. The van der Waals surface area contributed by atoms with Gasteiger partial charge in [0, 0.05) is 68.2 Å². The second-order valence-electron chi connectivity index (χ2n) is 20.7. The molecule has 0 heterocycles. The van der Waals surface area contributed by atoms with Crippen LogP contribution in [0.15, 0.2) is 363 Å². The molecule has 408 valence electrons. The largest absolute Gasteiger partial charge is 0.311 e. The SMILES string of the molecule is C(=C[Si](C=Cc1ccc(N(c2ccccc2)c2ccccc2)cc1)(C=Cc1ccc(N(c2ccccc2)c2ccccc2)cc1)C=Cc1ccc(N(c2ccccc2)c2ccccc2)cc1)c1ccc(N(c2ccccc2)c2ccccc2)cc1. The zero-order valence-electron chi connectivity index (χ0n) is 47.2. The molecular weight excluding hydrogens is 1040 g/mol. The molecule has 4 nitrogen and oxygen atoms in total. The highest BCUT2D eigenvalue weighted by Gasteiger charge is 2.22. The van der Waals surface area contributed by atoms with Gasteiger partial charge < -0.3 is 19.6 Å². The van der Waals surface area contributed by atoms with Crippen molar-refractivity contribution in [3.8, 4) is 0 Å². The lowest BCUT2D eigenvalue weighted by atomic mass is 10.1. The van der Waals surface area contributed by atoms with Gasteiger partial charge in [-0.3, -0.25) is 0 Å². The van der Waals surface area contributed by atoms with Gasteiger partial charge in [0.2, 0.25) is 0 Å². The molecule has 0 aromatic heterocycles. The number of para-hydroxylation sites is 8. The normalized spacial score (nSPS) is 12.1. The minimum atomic E-state index is -2.85. The molecule has 0 fully saturated rings. The predicted molar refractivity (Wildman–Crippen MR) is 366 cm³/mol. The van der Waals surface area contributed by atoms with E-state index < -0.39 is 8.07 Å². The maximum atomic E-state index is 2.46. The van der Waals surface area contributed by atoms with Crippen LogP contribution in [0.25, 0.3) is 24.3 Å². The molecule has 5 heteroatoms. The van der Waals surface area contributed by atoms with Crippen molar-refractivity contribution < 1.29 is 0 Å². The van der Waals surface area contributed by atoms with Crippen LogP contribution in [0, 0.1) is 0 Å². The van der Waals surface area contributed by atoms with Crippen LogP contribution in [0.4, 0.5) is 68.2 Å². The molecule has 0 atom stereocenters. The Morgan fingerprint density at radius 1 is 0.153 bits per heavy atom. The van der Waals surface area contributed by atoms with Crippen LogP contribution < -0.4 is 19.6 Å².